The Bertz CT molecular complexity index is 570. The number of amides is 2. The number of carbonyl (C=O) groups is 2. The third-order valence-electron chi connectivity index (χ3n) is 4.03. The van der Waals surface area contributed by atoms with E-state index >= 15 is 0 Å². The maximum atomic E-state index is 12.5. The van der Waals surface area contributed by atoms with E-state index in [0.29, 0.717) is 12.0 Å². The number of nitrogens with one attached hydrogen (secondary N) is 1. The predicted molar refractivity (Wildman–Crippen MR) is 79.5 cm³/mol. The lowest BCUT2D eigenvalue weighted by atomic mass is 10.1. The fourth-order valence-electron chi connectivity index (χ4n) is 2.86. The number of hydrogen-bond acceptors (Lipinski definition) is 4. The van der Waals surface area contributed by atoms with Crippen molar-refractivity contribution in [1.29, 1.82) is 0 Å². The van der Waals surface area contributed by atoms with Crippen molar-refractivity contribution in [2.24, 2.45) is 0 Å². The SMILES string of the molecule is O=C(NO)C1Cc2ccc(C(=O)N3CCCCC3)cc2S1. The molecule has 21 heavy (non-hydrogen) atoms. The molecular weight excluding hydrogens is 288 g/mol. The zero-order valence-electron chi connectivity index (χ0n) is 11.7. The number of fused-ring (bicyclic) bond motifs is 1. The van der Waals surface area contributed by atoms with Crippen molar-refractivity contribution in [1.82, 2.24) is 10.4 Å². The number of likely N-dealkylation sites (tertiary alicyclic amines) is 1. The first kappa shape index (κ1) is 14.4. The molecule has 112 valence electrons. The van der Waals surface area contributed by atoms with Gasteiger partial charge in [0.1, 0.15) is 0 Å². The van der Waals surface area contributed by atoms with Gasteiger partial charge in [-0.2, -0.15) is 0 Å². The Balaban J connectivity index is 1.75. The number of benzene rings is 1. The number of carbonyl (C=O) groups excluding carboxylic acids is 2. The van der Waals surface area contributed by atoms with Crippen LogP contribution in [0.15, 0.2) is 23.1 Å². The summed E-state index contributed by atoms with van der Waals surface area (Å²) in [6.07, 6.45) is 3.93. The molecule has 2 aliphatic rings. The van der Waals surface area contributed by atoms with Gasteiger partial charge in [0.05, 0.1) is 5.25 Å². The maximum absolute atomic E-state index is 12.5. The summed E-state index contributed by atoms with van der Waals surface area (Å²) in [6, 6.07) is 5.64. The van der Waals surface area contributed by atoms with E-state index in [0.717, 1.165) is 36.4 Å². The van der Waals surface area contributed by atoms with E-state index in [4.69, 9.17) is 5.21 Å². The van der Waals surface area contributed by atoms with Crippen molar-refractivity contribution in [3.8, 4) is 0 Å². The second-order valence-electron chi connectivity index (χ2n) is 5.46. The van der Waals surface area contributed by atoms with Gasteiger partial charge in [0.15, 0.2) is 0 Å². The Morgan fingerprint density at radius 1 is 1.24 bits per heavy atom. The minimum atomic E-state index is -0.389. The van der Waals surface area contributed by atoms with Gasteiger partial charge in [-0.05, 0) is 43.4 Å². The molecule has 1 aromatic carbocycles. The fourth-order valence-corrected chi connectivity index (χ4v) is 4.09. The van der Waals surface area contributed by atoms with E-state index in [1.807, 2.05) is 23.1 Å². The highest BCUT2D eigenvalue weighted by atomic mass is 32.2. The average molecular weight is 306 g/mol. The van der Waals surface area contributed by atoms with Gasteiger partial charge >= 0.3 is 0 Å². The molecule has 3 rings (SSSR count). The van der Waals surface area contributed by atoms with Crippen LogP contribution in [0.2, 0.25) is 0 Å². The van der Waals surface area contributed by atoms with Crippen LogP contribution in [-0.2, 0) is 11.2 Å². The Morgan fingerprint density at radius 3 is 2.71 bits per heavy atom. The van der Waals surface area contributed by atoms with Gasteiger partial charge in [0.25, 0.3) is 11.8 Å². The highest BCUT2D eigenvalue weighted by Crippen LogP contribution is 2.37. The van der Waals surface area contributed by atoms with Crippen molar-refractivity contribution >= 4 is 23.6 Å². The Morgan fingerprint density at radius 2 is 2.00 bits per heavy atom. The molecule has 0 radical (unpaired) electrons. The standard InChI is InChI=1S/C15H18N2O3S/c18-14(16-20)13-8-10-4-5-11(9-12(10)21-13)15(19)17-6-2-1-3-7-17/h4-5,9,13,20H,1-3,6-8H2,(H,16,18). The predicted octanol–water partition coefficient (Wildman–Crippen LogP) is 1.83. The second-order valence-corrected chi connectivity index (χ2v) is 6.71. The zero-order chi connectivity index (χ0) is 14.8. The van der Waals surface area contributed by atoms with Gasteiger partial charge in [-0.15, -0.1) is 11.8 Å². The smallest absolute Gasteiger partial charge is 0.257 e. The second kappa shape index (κ2) is 6.07. The summed E-state index contributed by atoms with van der Waals surface area (Å²) in [7, 11) is 0. The topological polar surface area (TPSA) is 69.6 Å². The van der Waals surface area contributed by atoms with Gasteiger partial charge in [0.2, 0.25) is 0 Å². The molecular formula is C15H18N2O3S. The lowest BCUT2D eigenvalue weighted by Gasteiger charge is -2.26. The quantitative estimate of drug-likeness (QED) is 0.646. The van der Waals surface area contributed by atoms with Crippen molar-refractivity contribution in [3.63, 3.8) is 0 Å². The van der Waals surface area contributed by atoms with E-state index in [1.165, 1.54) is 18.2 Å². The molecule has 1 unspecified atom stereocenters. The normalized spacial score (nSPS) is 21.0. The van der Waals surface area contributed by atoms with Crippen molar-refractivity contribution in [3.05, 3.63) is 29.3 Å². The lowest BCUT2D eigenvalue weighted by molar-refractivity contribution is -0.128. The van der Waals surface area contributed by atoms with Crippen LogP contribution in [0.1, 0.15) is 35.2 Å². The van der Waals surface area contributed by atoms with Crippen molar-refractivity contribution in [2.75, 3.05) is 13.1 Å². The monoisotopic (exact) mass is 306 g/mol. The molecule has 0 saturated carbocycles. The van der Waals surface area contributed by atoms with Crippen LogP contribution in [0.5, 0.6) is 0 Å². The largest absolute Gasteiger partial charge is 0.339 e. The molecule has 1 fully saturated rings. The molecule has 1 atom stereocenters. The highest BCUT2D eigenvalue weighted by Gasteiger charge is 2.29. The van der Waals surface area contributed by atoms with Crippen LogP contribution >= 0.6 is 11.8 Å². The van der Waals surface area contributed by atoms with Crippen LogP contribution in [0, 0.1) is 0 Å². The fraction of sp³-hybridized carbons (Fsp3) is 0.467. The van der Waals surface area contributed by atoms with Crippen LogP contribution in [0.3, 0.4) is 0 Å². The number of nitrogens with zero attached hydrogens (tertiary/aromatic N) is 1. The Kier molecular flexibility index (Phi) is 4.17. The van der Waals surface area contributed by atoms with E-state index in [-0.39, 0.29) is 17.1 Å². The van der Waals surface area contributed by atoms with Crippen LogP contribution in [0.25, 0.3) is 0 Å². The third-order valence-corrected chi connectivity index (χ3v) is 5.33. The van der Waals surface area contributed by atoms with Crippen LogP contribution < -0.4 is 5.48 Å². The highest BCUT2D eigenvalue weighted by molar-refractivity contribution is 8.01. The molecule has 2 N–H and O–H groups in total. The average Bonchev–Trinajstić information content (AvgIpc) is 2.97. The minimum absolute atomic E-state index is 0.0770. The molecule has 0 spiro atoms. The van der Waals surface area contributed by atoms with Gasteiger partial charge in [-0.3, -0.25) is 14.8 Å². The summed E-state index contributed by atoms with van der Waals surface area (Å²) in [5.74, 6) is -0.312. The number of hydroxylamine groups is 1. The minimum Gasteiger partial charge on any atom is -0.339 e. The van der Waals surface area contributed by atoms with E-state index in [1.54, 1.807) is 5.48 Å². The van der Waals surface area contributed by atoms with E-state index in [9.17, 15) is 9.59 Å². The molecule has 2 aliphatic heterocycles. The first-order valence-corrected chi connectivity index (χ1v) is 8.10. The van der Waals surface area contributed by atoms with E-state index < -0.39 is 0 Å². The van der Waals surface area contributed by atoms with E-state index in [2.05, 4.69) is 0 Å². The molecule has 1 aromatic rings. The van der Waals surface area contributed by atoms with Crippen molar-refractivity contribution < 1.29 is 14.8 Å². The maximum Gasteiger partial charge on any atom is 0.257 e. The molecule has 1 saturated heterocycles. The zero-order valence-corrected chi connectivity index (χ0v) is 12.5. The molecule has 5 nitrogen and oxygen atoms in total. The van der Waals surface area contributed by atoms with Crippen LogP contribution in [-0.4, -0.2) is 40.3 Å². The van der Waals surface area contributed by atoms with Gasteiger partial charge in [-0.1, -0.05) is 6.07 Å². The lowest BCUT2D eigenvalue weighted by Crippen LogP contribution is -2.35. The van der Waals surface area contributed by atoms with Crippen molar-refractivity contribution in [2.45, 2.75) is 35.8 Å². The first-order valence-electron chi connectivity index (χ1n) is 7.22. The number of rotatable bonds is 2. The molecule has 2 heterocycles. The van der Waals surface area contributed by atoms with Gasteiger partial charge in [-0.25, -0.2) is 5.48 Å². The Hall–Kier alpha value is -1.53. The third kappa shape index (κ3) is 2.91. The van der Waals surface area contributed by atoms with Gasteiger partial charge in [0, 0.05) is 23.5 Å². The summed E-state index contributed by atoms with van der Waals surface area (Å²) in [6.45, 7) is 1.66. The van der Waals surface area contributed by atoms with Crippen LogP contribution in [0.4, 0.5) is 0 Å². The number of hydrogen-bond donors (Lipinski definition) is 2. The Labute approximate surface area is 127 Å². The van der Waals surface area contributed by atoms with Gasteiger partial charge < -0.3 is 4.90 Å². The molecule has 0 aliphatic carbocycles. The summed E-state index contributed by atoms with van der Waals surface area (Å²) < 4.78 is 0. The molecule has 2 amide bonds. The summed E-state index contributed by atoms with van der Waals surface area (Å²) in [5, 5.41) is 8.40. The summed E-state index contributed by atoms with van der Waals surface area (Å²) in [5.41, 5.74) is 3.44. The summed E-state index contributed by atoms with van der Waals surface area (Å²) >= 11 is 1.40. The molecule has 0 aromatic heterocycles. The number of piperidine rings is 1. The molecule has 0 bridgehead atoms. The first-order chi connectivity index (χ1) is 10.2. The summed E-state index contributed by atoms with van der Waals surface area (Å²) in [4.78, 5) is 26.8. The number of thioether (sulfide) groups is 1. The molecule has 6 heteroatoms.